The van der Waals surface area contributed by atoms with Crippen molar-refractivity contribution in [3.63, 3.8) is 0 Å². The van der Waals surface area contributed by atoms with Crippen LogP contribution < -0.4 is 10.1 Å². The predicted octanol–water partition coefficient (Wildman–Crippen LogP) is 3.49. The van der Waals surface area contributed by atoms with E-state index in [2.05, 4.69) is 5.32 Å². The molecule has 140 valence electrons. The lowest BCUT2D eigenvalue weighted by Crippen LogP contribution is -2.53. The fourth-order valence-electron chi connectivity index (χ4n) is 2.83. The molecule has 0 aliphatic carbocycles. The number of hydrogen-bond acceptors (Lipinski definition) is 4. The van der Waals surface area contributed by atoms with Crippen molar-refractivity contribution in [1.82, 2.24) is 10.2 Å². The normalized spacial score (nSPS) is 16.5. The van der Waals surface area contributed by atoms with Crippen LogP contribution in [0.1, 0.15) is 12.0 Å². The van der Waals surface area contributed by atoms with Gasteiger partial charge in [-0.15, -0.1) is 12.4 Å². The maximum atomic E-state index is 12.3. The minimum absolute atomic E-state index is 0. The predicted molar refractivity (Wildman–Crippen MR) is 104 cm³/mol. The molecule has 0 aromatic heterocycles. The minimum atomic E-state index is -0.251. The van der Waals surface area contributed by atoms with Gasteiger partial charge >= 0.3 is 6.09 Å². The number of ether oxygens (including phenoxy) is 2. The van der Waals surface area contributed by atoms with E-state index in [9.17, 15) is 4.79 Å². The first kappa shape index (κ1) is 20.1. The first-order valence-electron chi connectivity index (χ1n) is 8.68. The molecule has 6 heteroatoms. The Morgan fingerprint density at radius 2 is 1.77 bits per heavy atom. The summed E-state index contributed by atoms with van der Waals surface area (Å²) in [6, 6.07) is 19.7. The van der Waals surface area contributed by atoms with Gasteiger partial charge in [-0.3, -0.25) is 0 Å². The summed E-state index contributed by atoms with van der Waals surface area (Å²) in [6.45, 7) is 3.02. The topological polar surface area (TPSA) is 50.8 Å². The highest BCUT2D eigenvalue weighted by Gasteiger charge is 2.24. The van der Waals surface area contributed by atoms with Crippen molar-refractivity contribution in [3.8, 4) is 5.75 Å². The van der Waals surface area contributed by atoms with Crippen LogP contribution in [0.5, 0.6) is 5.75 Å². The first-order chi connectivity index (χ1) is 12.3. The maximum Gasteiger partial charge on any atom is 0.410 e. The minimum Gasteiger partial charge on any atom is -0.494 e. The van der Waals surface area contributed by atoms with Gasteiger partial charge in [-0.1, -0.05) is 48.5 Å². The van der Waals surface area contributed by atoms with Crippen LogP contribution in [0.15, 0.2) is 60.7 Å². The van der Waals surface area contributed by atoms with Crippen LogP contribution in [-0.2, 0) is 11.3 Å². The third-order valence-corrected chi connectivity index (χ3v) is 4.20. The van der Waals surface area contributed by atoms with Crippen molar-refractivity contribution in [2.45, 2.75) is 19.1 Å². The third kappa shape index (κ3) is 6.24. The van der Waals surface area contributed by atoms with Gasteiger partial charge in [0.2, 0.25) is 0 Å². The summed E-state index contributed by atoms with van der Waals surface area (Å²) >= 11 is 0. The van der Waals surface area contributed by atoms with Crippen LogP contribution in [0.3, 0.4) is 0 Å². The molecule has 2 aromatic rings. The molecule has 3 rings (SSSR count). The summed E-state index contributed by atoms with van der Waals surface area (Å²) in [7, 11) is 0. The Morgan fingerprint density at radius 1 is 1.08 bits per heavy atom. The highest BCUT2D eigenvalue weighted by molar-refractivity contribution is 5.85. The first-order valence-corrected chi connectivity index (χ1v) is 8.68. The summed E-state index contributed by atoms with van der Waals surface area (Å²) in [5.74, 6) is 0.873. The molecule has 1 aliphatic rings. The van der Waals surface area contributed by atoms with Gasteiger partial charge in [0.25, 0.3) is 0 Å². The largest absolute Gasteiger partial charge is 0.494 e. The Labute approximate surface area is 160 Å². The lowest BCUT2D eigenvalue weighted by atomic mass is 10.1. The summed E-state index contributed by atoms with van der Waals surface area (Å²) < 4.78 is 11.2. The van der Waals surface area contributed by atoms with Crippen molar-refractivity contribution < 1.29 is 14.3 Å². The van der Waals surface area contributed by atoms with Crippen LogP contribution in [0.2, 0.25) is 0 Å². The smallest absolute Gasteiger partial charge is 0.410 e. The van der Waals surface area contributed by atoms with E-state index in [0.717, 1.165) is 24.3 Å². The number of carbonyl (C=O) groups excluding carboxylic acids is 1. The van der Waals surface area contributed by atoms with E-state index >= 15 is 0 Å². The number of nitrogens with one attached hydrogen (secondary N) is 1. The summed E-state index contributed by atoms with van der Waals surface area (Å²) in [6.07, 6.45) is 0.594. The molecule has 5 nitrogen and oxygen atoms in total. The highest BCUT2D eigenvalue weighted by Crippen LogP contribution is 2.11. The molecule has 1 heterocycles. The molecule has 0 spiro atoms. The van der Waals surface area contributed by atoms with E-state index in [4.69, 9.17) is 9.47 Å². The molecular formula is C20H25ClN2O3. The number of piperazine rings is 1. The Balaban J connectivity index is 0.00000243. The third-order valence-electron chi connectivity index (χ3n) is 4.20. The molecule has 1 atom stereocenters. The van der Waals surface area contributed by atoms with E-state index in [1.165, 1.54) is 0 Å². The molecule has 2 aromatic carbocycles. The average molecular weight is 377 g/mol. The zero-order valence-corrected chi connectivity index (χ0v) is 15.5. The number of nitrogens with zero attached hydrogens (tertiary/aromatic N) is 1. The van der Waals surface area contributed by atoms with Gasteiger partial charge in [-0.2, -0.15) is 0 Å². The molecule has 0 bridgehead atoms. The van der Waals surface area contributed by atoms with Crippen LogP contribution in [0, 0.1) is 0 Å². The standard InChI is InChI=1S/C20H24N2O3.ClH/c23-20(25-16-17-7-3-1-4-8-17)22-13-12-21-18(15-22)11-14-24-19-9-5-2-6-10-19;/h1-10,18,21H,11-16H2;1H/t18-;/m1./s1. The maximum absolute atomic E-state index is 12.3. The highest BCUT2D eigenvalue weighted by atomic mass is 35.5. The SMILES string of the molecule is Cl.O=C(OCc1ccccc1)N1CCN[C@H](CCOc2ccccc2)C1. The monoisotopic (exact) mass is 376 g/mol. The summed E-state index contributed by atoms with van der Waals surface area (Å²) in [4.78, 5) is 14.0. The van der Waals surface area contributed by atoms with Gasteiger partial charge in [-0.25, -0.2) is 4.79 Å². The molecule has 0 radical (unpaired) electrons. The van der Waals surface area contributed by atoms with Gasteiger partial charge < -0.3 is 19.7 Å². The molecule has 0 unspecified atom stereocenters. The van der Waals surface area contributed by atoms with Crippen LogP contribution in [0.25, 0.3) is 0 Å². The van der Waals surface area contributed by atoms with Gasteiger partial charge in [-0.05, 0) is 24.1 Å². The molecule has 1 saturated heterocycles. The number of halogens is 1. The Bertz CT molecular complexity index is 655. The number of hydrogen-bond donors (Lipinski definition) is 1. The molecule has 0 saturated carbocycles. The quantitative estimate of drug-likeness (QED) is 0.838. The van der Waals surface area contributed by atoms with Crippen LogP contribution in [0.4, 0.5) is 4.79 Å². The Kier molecular flexibility index (Phi) is 8.25. The zero-order valence-electron chi connectivity index (χ0n) is 14.7. The van der Waals surface area contributed by atoms with E-state index in [0.29, 0.717) is 26.3 Å². The lowest BCUT2D eigenvalue weighted by molar-refractivity contribution is 0.0827. The fourth-order valence-corrected chi connectivity index (χ4v) is 2.83. The van der Waals surface area contributed by atoms with E-state index in [-0.39, 0.29) is 24.5 Å². The van der Waals surface area contributed by atoms with Crippen LogP contribution >= 0.6 is 12.4 Å². The number of carbonyl (C=O) groups is 1. The van der Waals surface area contributed by atoms with Crippen LogP contribution in [-0.4, -0.2) is 43.3 Å². The second-order valence-electron chi connectivity index (χ2n) is 6.09. The van der Waals surface area contributed by atoms with Crippen molar-refractivity contribution in [2.24, 2.45) is 0 Å². The number of benzene rings is 2. The van der Waals surface area contributed by atoms with E-state index in [1.807, 2.05) is 60.7 Å². The van der Waals surface area contributed by atoms with Gasteiger partial charge in [0.05, 0.1) is 6.61 Å². The second kappa shape index (κ2) is 10.7. The second-order valence-corrected chi connectivity index (χ2v) is 6.09. The molecular weight excluding hydrogens is 352 g/mol. The van der Waals surface area contributed by atoms with E-state index in [1.54, 1.807) is 4.90 Å². The Morgan fingerprint density at radius 3 is 2.50 bits per heavy atom. The average Bonchev–Trinajstić information content (AvgIpc) is 2.68. The number of para-hydroxylation sites is 1. The van der Waals surface area contributed by atoms with Crippen molar-refractivity contribution >= 4 is 18.5 Å². The molecule has 1 aliphatic heterocycles. The number of rotatable bonds is 6. The summed E-state index contributed by atoms with van der Waals surface area (Å²) in [5.41, 5.74) is 0.999. The van der Waals surface area contributed by atoms with Crippen molar-refractivity contribution in [2.75, 3.05) is 26.2 Å². The summed E-state index contributed by atoms with van der Waals surface area (Å²) in [5, 5.41) is 3.43. The van der Waals surface area contributed by atoms with Crippen molar-refractivity contribution in [1.29, 1.82) is 0 Å². The lowest BCUT2D eigenvalue weighted by Gasteiger charge is -2.33. The number of amides is 1. The zero-order chi connectivity index (χ0) is 17.3. The van der Waals surface area contributed by atoms with Gasteiger partial charge in [0, 0.05) is 25.7 Å². The van der Waals surface area contributed by atoms with Crippen molar-refractivity contribution in [3.05, 3.63) is 66.2 Å². The molecule has 1 amide bonds. The molecule has 1 fully saturated rings. The van der Waals surface area contributed by atoms with Gasteiger partial charge in [0.15, 0.2) is 0 Å². The van der Waals surface area contributed by atoms with Gasteiger partial charge in [0.1, 0.15) is 12.4 Å². The molecule has 26 heavy (non-hydrogen) atoms. The molecule has 1 N–H and O–H groups in total. The Hall–Kier alpha value is -2.24. The van der Waals surface area contributed by atoms with E-state index < -0.39 is 0 Å². The fraction of sp³-hybridized carbons (Fsp3) is 0.350.